The summed E-state index contributed by atoms with van der Waals surface area (Å²) in [4.78, 5) is 23.4. The van der Waals surface area contributed by atoms with Gasteiger partial charge in [0.15, 0.2) is 0 Å². The minimum atomic E-state index is -1.21. The van der Waals surface area contributed by atoms with Crippen molar-refractivity contribution in [2.24, 2.45) is 0 Å². The molecule has 5 nitrogen and oxygen atoms in total. The number of carbonyl (C=O) groups excluding carboxylic acids is 1. The third kappa shape index (κ3) is 3.96. The first-order chi connectivity index (χ1) is 10.8. The summed E-state index contributed by atoms with van der Waals surface area (Å²) in [7, 11) is 1.51. The van der Waals surface area contributed by atoms with Gasteiger partial charge in [-0.05, 0) is 46.3 Å². The van der Waals surface area contributed by atoms with Crippen molar-refractivity contribution in [1.82, 2.24) is 0 Å². The Kier molecular flexibility index (Phi) is 5.51. The van der Waals surface area contributed by atoms with E-state index in [1.807, 2.05) is 0 Å². The van der Waals surface area contributed by atoms with Gasteiger partial charge in [-0.2, -0.15) is 0 Å². The van der Waals surface area contributed by atoms with Crippen molar-refractivity contribution in [3.8, 4) is 5.75 Å². The van der Waals surface area contributed by atoms with E-state index >= 15 is 0 Å². The van der Waals surface area contributed by atoms with Gasteiger partial charge in [0, 0.05) is 5.56 Å². The van der Waals surface area contributed by atoms with Crippen molar-refractivity contribution < 1.29 is 19.4 Å². The lowest BCUT2D eigenvalue weighted by Gasteiger charge is -2.10. The van der Waals surface area contributed by atoms with Crippen molar-refractivity contribution in [3.63, 3.8) is 0 Å². The fourth-order valence-electron chi connectivity index (χ4n) is 1.81. The number of carboxylic acid groups (broad SMARTS) is 1. The molecule has 0 radical (unpaired) electrons. The molecule has 0 aliphatic heterocycles. The van der Waals surface area contributed by atoms with Crippen LogP contribution >= 0.6 is 39.1 Å². The lowest BCUT2D eigenvalue weighted by Crippen LogP contribution is -2.13. The van der Waals surface area contributed by atoms with Gasteiger partial charge >= 0.3 is 5.97 Å². The van der Waals surface area contributed by atoms with Crippen LogP contribution < -0.4 is 10.1 Å². The standard InChI is InChI=1S/C15H10BrCl2NO4/c1-23-13-3-2-7(4-9(13)16)14(20)19-12-5-8(15(21)22)10(17)6-11(12)18/h2-6H,1H3,(H,19,20)(H,21,22). The van der Waals surface area contributed by atoms with E-state index in [9.17, 15) is 9.59 Å². The van der Waals surface area contributed by atoms with Gasteiger partial charge in [-0.3, -0.25) is 4.79 Å². The van der Waals surface area contributed by atoms with E-state index in [0.717, 1.165) is 0 Å². The first-order valence-electron chi connectivity index (χ1n) is 6.20. The summed E-state index contributed by atoms with van der Waals surface area (Å²) in [6.45, 7) is 0. The first-order valence-corrected chi connectivity index (χ1v) is 7.75. The Balaban J connectivity index is 2.31. The Morgan fingerprint density at radius 2 is 1.87 bits per heavy atom. The van der Waals surface area contributed by atoms with Crippen molar-refractivity contribution in [3.05, 3.63) is 56.0 Å². The molecule has 0 fully saturated rings. The van der Waals surface area contributed by atoms with Crippen LogP contribution in [0.1, 0.15) is 20.7 Å². The number of ether oxygens (including phenoxy) is 1. The van der Waals surface area contributed by atoms with Crippen molar-refractivity contribution in [2.75, 3.05) is 12.4 Å². The van der Waals surface area contributed by atoms with E-state index < -0.39 is 11.9 Å². The molecule has 2 rings (SSSR count). The summed E-state index contributed by atoms with van der Waals surface area (Å²) in [6.07, 6.45) is 0. The molecular weight excluding hydrogens is 409 g/mol. The average molecular weight is 419 g/mol. The zero-order valence-corrected chi connectivity index (χ0v) is 14.8. The molecule has 0 aliphatic rings. The average Bonchev–Trinajstić information content (AvgIpc) is 2.49. The van der Waals surface area contributed by atoms with Crippen molar-refractivity contribution >= 4 is 56.7 Å². The number of methoxy groups -OCH3 is 1. The molecule has 2 N–H and O–H groups in total. The second kappa shape index (κ2) is 7.21. The second-order valence-electron chi connectivity index (χ2n) is 4.42. The molecule has 0 saturated carbocycles. The minimum Gasteiger partial charge on any atom is -0.496 e. The van der Waals surface area contributed by atoms with Crippen molar-refractivity contribution in [2.45, 2.75) is 0 Å². The molecule has 0 atom stereocenters. The quantitative estimate of drug-likeness (QED) is 0.753. The predicted molar refractivity (Wildman–Crippen MR) is 92.1 cm³/mol. The van der Waals surface area contributed by atoms with Gasteiger partial charge in [0.1, 0.15) is 5.75 Å². The number of rotatable bonds is 4. The molecule has 0 heterocycles. The van der Waals surface area contributed by atoms with E-state index in [1.165, 1.54) is 19.2 Å². The predicted octanol–water partition coefficient (Wildman–Crippen LogP) is 4.72. The molecule has 120 valence electrons. The van der Waals surface area contributed by atoms with Crippen molar-refractivity contribution in [1.29, 1.82) is 0 Å². The topological polar surface area (TPSA) is 75.6 Å². The highest BCUT2D eigenvalue weighted by atomic mass is 79.9. The molecule has 23 heavy (non-hydrogen) atoms. The second-order valence-corrected chi connectivity index (χ2v) is 6.09. The number of carbonyl (C=O) groups is 2. The fraction of sp³-hybridized carbons (Fsp3) is 0.0667. The zero-order valence-electron chi connectivity index (χ0n) is 11.7. The molecule has 2 aromatic rings. The van der Waals surface area contributed by atoms with Crippen LogP contribution in [0.15, 0.2) is 34.8 Å². The monoisotopic (exact) mass is 417 g/mol. The van der Waals surface area contributed by atoms with Gasteiger partial charge in [0.25, 0.3) is 5.91 Å². The Labute approximate surface area is 150 Å². The summed E-state index contributed by atoms with van der Waals surface area (Å²) in [5.74, 6) is -1.08. The smallest absolute Gasteiger partial charge is 0.337 e. The molecule has 0 bridgehead atoms. The molecule has 2 aromatic carbocycles. The number of amides is 1. The van der Waals surface area contributed by atoms with Crippen LogP contribution in [-0.2, 0) is 0 Å². The zero-order chi connectivity index (χ0) is 17.1. The normalized spacial score (nSPS) is 10.3. The van der Waals surface area contributed by atoms with Gasteiger partial charge in [0.05, 0.1) is 32.9 Å². The van der Waals surface area contributed by atoms with Gasteiger partial charge < -0.3 is 15.2 Å². The SMILES string of the molecule is COc1ccc(C(=O)Nc2cc(C(=O)O)c(Cl)cc2Cl)cc1Br. The van der Waals surface area contributed by atoms with E-state index in [1.54, 1.807) is 18.2 Å². The number of aromatic carboxylic acids is 1. The number of carboxylic acids is 1. The first kappa shape index (κ1) is 17.6. The molecule has 8 heteroatoms. The molecule has 0 aromatic heterocycles. The highest BCUT2D eigenvalue weighted by Gasteiger charge is 2.16. The van der Waals surface area contributed by atoms with Gasteiger partial charge in [-0.15, -0.1) is 0 Å². The Morgan fingerprint density at radius 1 is 1.17 bits per heavy atom. The number of benzene rings is 2. The lowest BCUT2D eigenvalue weighted by atomic mass is 10.1. The fourth-order valence-corrected chi connectivity index (χ4v) is 2.86. The van der Waals surface area contributed by atoms with Crippen LogP contribution in [-0.4, -0.2) is 24.1 Å². The van der Waals surface area contributed by atoms with Crippen LogP contribution in [0.4, 0.5) is 5.69 Å². The summed E-state index contributed by atoms with van der Waals surface area (Å²) in [5, 5.41) is 11.8. The molecule has 1 amide bonds. The third-order valence-corrected chi connectivity index (χ3v) is 4.19. The molecule has 0 spiro atoms. The van der Waals surface area contributed by atoms with Crippen LogP contribution in [0.25, 0.3) is 0 Å². The van der Waals surface area contributed by atoms with Gasteiger partial charge in [-0.25, -0.2) is 4.79 Å². The molecule has 0 saturated heterocycles. The summed E-state index contributed by atoms with van der Waals surface area (Å²) in [6, 6.07) is 7.26. The Bertz CT molecular complexity index is 795. The third-order valence-electron chi connectivity index (χ3n) is 2.95. The van der Waals surface area contributed by atoms with Crippen LogP contribution in [0.3, 0.4) is 0 Å². The molecule has 0 unspecified atom stereocenters. The highest BCUT2D eigenvalue weighted by Crippen LogP contribution is 2.30. The minimum absolute atomic E-state index is 0.00677. The maximum atomic E-state index is 12.3. The number of anilines is 1. The van der Waals surface area contributed by atoms with E-state index in [2.05, 4.69) is 21.2 Å². The van der Waals surface area contributed by atoms with Gasteiger partial charge in [-0.1, -0.05) is 23.2 Å². The summed E-state index contributed by atoms with van der Waals surface area (Å²) >= 11 is 15.1. The Morgan fingerprint density at radius 3 is 2.43 bits per heavy atom. The largest absolute Gasteiger partial charge is 0.496 e. The van der Waals surface area contributed by atoms with Crippen LogP contribution in [0.5, 0.6) is 5.75 Å². The summed E-state index contributed by atoms with van der Waals surface area (Å²) in [5.41, 5.74) is 0.355. The number of halogens is 3. The van der Waals surface area contributed by atoms with E-state index in [4.69, 9.17) is 33.0 Å². The van der Waals surface area contributed by atoms with Gasteiger partial charge in [0.2, 0.25) is 0 Å². The summed E-state index contributed by atoms with van der Waals surface area (Å²) < 4.78 is 5.70. The number of hydrogen-bond donors (Lipinski definition) is 2. The molecular formula is C15H10BrCl2NO4. The molecule has 0 aliphatic carbocycles. The highest BCUT2D eigenvalue weighted by molar-refractivity contribution is 9.10. The maximum absolute atomic E-state index is 12.3. The maximum Gasteiger partial charge on any atom is 0.337 e. The van der Waals surface area contributed by atoms with Crippen LogP contribution in [0, 0.1) is 0 Å². The Hall–Kier alpha value is -1.76. The number of hydrogen-bond acceptors (Lipinski definition) is 3. The van der Waals surface area contributed by atoms with Crippen LogP contribution in [0.2, 0.25) is 10.0 Å². The number of nitrogens with one attached hydrogen (secondary N) is 1. The van der Waals surface area contributed by atoms with E-state index in [0.29, 0.717) is 15.8 Å². The van der Waals surface area contributed by atoms with E-state index in [-0.39, 0.29) is 21.3 Å². The lowest BCUT2D eigenvalue weighted by molar-refractivity contribution is 0.0696.